The third kappa shape index (κ3) is 6.35. The highest BCUT2D eigenvalue weighted by Crippen LogP contribution is 2.77. The fourth-order valence-corrected chi connectivity index (χ4v) is 14.1. The molecule has 0 aromatic heterocycles. The largest absolute Gasteiger partial charge is 0.465 e. The first-order chi connectivity index (χ1) is 26.4. The lowest BCUT2D eigenvalue weighted by Crippen LogP contribution is -2.67. The van der Waals surface area contributed by atoms with Gasteiger partial charge in [0.05, 0.1) is 29.8 Å². The van der Waals surface area contributed by atoms with Crippen LogP contribution in [0, 0.1) is 62.5 Å². The number of nitrogens with one attached hydrogen (secondary N) is 2. The number of benzene rings is 2. The molecule has 5 aliphatic carbocycles. The minimum atomic E-state index is -0.615. The van der Waals surface area contributed by atoms with Crippen molar-refractivity contribution in [1.29, 1.82) is 0 Å². The number of methoxy groups -OCH3 is 1. The SMILES string of the molecule is C=C(C)[C@@H]1CC[C@]2(C(=O)NCc3ccc(F)c(C(=O)NCCc4cccc(C(=O)OC)c4)c3)CC[C@]3(C)C(CCC4[C@@]5(C)CC[C@H](O)C(C)(C)C5CC[C@]43C)C12. The lowest BCUT2D eigenvalue weighted by atomic mass is 9.32. The second kappa shape index (κ2) is 14.7. The molecule has 0 spiro atoms. The molecule has 304 valence electrons. The van der Waals surface area contributed by atoms with Crippen LogP contribution in [0.25, 0.3) is 0 Å². The highest BCUT2D eigenvalue weighted by atomic mass is 19.1. The molecule has 5 saturated carbocycles. The zero-order chi connectivity index (χ0) is 40.4. The van der Waals surface area contributed by atoms with Gasteiger partial charge in [-0.15, -0.1) is 0 Å². The van der Waals surface area contributed by atoms with Crippen LogP contribution in [-0.2, 0) is 22.5 Å². The molecule has 3 N–H and O–H groups in total. The van der Waals surface area contributed by atoms with Gasteiger partial charge in [-0.2, -0.15) is 0 Å². The van der Waals surface area contributed by atoms with Crippen molar-refractivity contribution in [3.63, 3.8) is 0 Å². The van der Waals surface area contributed by atoms with E-state index >= 15 is 4.39 Å². The van der Waals surface area contributed by atoms with E-state index in [-0.39, 0.29) is 58.2 Å². The Morgan fingerprint density at radius 3 is 2.36 bits per heavy atom. The zero-order valence-electron chi connectivity index (χ0n) is 34.9. The summed E-state index contributed by atoms with van der Waals surface area (Å²) in [5.74, 6) is 0.552. The van der Waals surface area contributed by atoms with Crippen LogP contribution >= 0.6 is 0 Å². The van der Waals surface area contributed by atoms with Crippen molar-refractivity contribution in [2.75, 3.05) is 13.7 Å². The Kier molecular flexibility index (Phi) is 10.7. The molecule has 2 amide bonds. The van der Waals surface area contributed by atoms with E-state index in [0.717, 1.165) is 56.9 Å². The molecule has 4 unspecified atom stereocenters. The summed E-state index contributed by atoms with van der Waals surface area (Å²) in [5.41, 5.74) is 2.97. The van der Waals surface area contributed by atoms with Gasteiger partial charge >= 0.3 is 5.97 Å². The third-order valence-electron chi connectivity index (χ3n) is 17.3. The maximum Gasteiger partial charge on any atom is 0.337 e. The molecule has 0 bridgehead atoms. The first kappa shape index (κ1) is 40.7. The summed E-state index contributed by atoms with van der Waals surface area (Å²) >= 11 is 0. The van der Waals surface area contributed by atoms with Crippen molar-refractivity contribution in [2.24, 2.45) is 56.7 Å². The van der Waals surface area contributed by atoms with E-state index in [2.05, 4.69) is 58.8 Å². The molecule has 10 atom stereocenters. The summed E-state index contributed by atoms with van der Waals surface area (Å²) in [6.45, 7) is 19.5. The van der Waals surface area contributed by atoms with Crippen molar-refractivity contribution in [1.82, 2.24) is 10.6 Å². The summed E-state index contributed by atoms with van der Waals surface area (Å²) < 4.78 is 19.8. The summed E-state index contributed by atoms with van der Waals surface area (Å²) in [4.78, 5) is 39.8. The number of hydrogen-bond donors (Lipinski definition) is 3. The predicted octanol–water partition coefficient (Wildman–Crippen LogP) is 9.22. The van der Waals surface area contributed by atoms with Crippen molar-refractivity contribution in [3.05, 3.63) is 82.7 Å². The number of amides is 2. The normalized spacial score (nSPS) is 36.9. The van der Waals surface area contributed by atoms with E-state index in [1.165, 1.54) is 31.6 Å². The number of carbonyl (C=O) groups is 3. The standard InChI is InChI=1S/C48H65FN2O5/c1-29(2)33-16-22-48(24-23-46(6)35(40(33)48)13-15-38-45(5)20-18-39(52)44(3,4)37(45)17-21-47(38,46)7)43(55)51-28-31-12-14-36(49)34(27-31)41(53)50-25-19-30-10-9-11-32(26-30)42(54)56-8/h9-12,14,26-27,33,35,37-40,52H,1,13,15-25,28H2,2-8H3,(H,50,53)(H,51,55)/t33-,35?,37?,38?,39-,40?,45-,46+,47+,48-/m0/s1. The van der Waals surface area contributed by atoms with Gasteiger partial charge in [0.25, 0.3) is 5.91 Å². The van der Waals surface area contributed by atoms with Crippen molar-refractivity contribution in [2.45, 2.75) is 125 Å². The van der Waals surface area contributed by atoms with Crippen LogP contribution in [-0.4, -0.2) is 42.6 Å². The number of aliphatic hydroxyl groups excluding tert-OH is 1. The van der Waals surface area contributed by atoms with E-state index in [9.17, 15) is 19.5 Å². The molecule has 0 saturated heterocycles. The van der Waals surface area contributed by atoms with Crippen LogP contribution in [0.2, 0.25) is 0 Å². The minimum absolute atomic E-state index is 0.0583. The molecule has 2 aromatic rings. The molecule has 0 radical (unpaired) electrons. The van der Waals surface area contributed by atoms with E-state index in [1.807, 2.05) is 6.07 Å². The fourth-order valence-electron chi connectivity index (χ4n) is 14.1. The van der Waals surface area contributed by atoms with Gasteiger partial charge < -0.3 is 20.5 Å². The Labute approximate surface area is 334 Å². The van der Waals surface area contributed by atoms with Gasteiger partial charge in [-0.25, -0.2) is 9.18 Å². The van der Waals surface area contributed by atoms with Crippen LogP contribution in [0.4, 0.5) is 4.39 Å². The first-order valence-corrected chi connectivity index (χ1v) is 21.3. The van der Waals surface area contributed by atoms with Gasteiger partial charge in [0, 0.05) is 13.1 Å². The lowest BCUT2D eigenvalue weighted by Gasteiger charge is -2.72. The molecule has 7 rings (SSSR count). The maximum absolute atomic E-state index is 15.0. The number of halogens is 1. The monoisotopic (exact) mass is 768 g/mol. The first-order valence-electron chi connectivity index (χ1n) is 21.3. The number of hydrogen-bond acceptors (Lipinski definition) is 5. The molecule has 2 aromatic carbocycles. The third-order valence-corrected chi connectivity index (χ3v) is 17.3. The number of rotatable bonds is 9. The minimum Gasteiger partial charge on any atom is -0.465 e. The summed E-state index contributed by atoms with van der Waals surface area (Å²) in [6.07, 6.45) is 10.5. The molecular formula is C48H65FN2O5. The Bertz CT molecular complexity index is 1890. The summed E-state index contributed by atoms with van der Waals surface area (Å²) in [6, 6.07) is 11.5. The Balaban J connectivity index is 1.06. The molecule has 0 heterocycles. The molecule has 56 heavy (non-hydrogen) atoms. The number of ether oxygens (including phenoxy) is 1. The second-order valence-electron chi connectivity index (χ2n) is 19.9. The smallest absolute Gasteiger partial charge is 0.337 e. The van der Waals surface area contributed by atoms with Crippen LogP contribution in [0.3, 0.4) is 0 Å². The van der Waals surface area contributed by atoms with Gasteiger partial charge in [-0.3, -0.25) is 9.59 Å². The number of carbonyl (C=O) groups excluding carboxylic acids is 3. The lowest BCUT2D eigenvalue weighted by molar-refractivity contribution is -0.246. The van der Waals surface area contributed by atoms with E-state index < -0.39 is 23.1 Å². The van der Waals surface area contributed by atoms with Crippen LogP contribution in [0.5, 0.6) is 0 Å². The number of allylic oxidation sites excluding steroid dienone is 1. The highest BCUT2D eigenvalue weighted by molar-refractivity contribution is 5.94. The quantitative estimate of drug-likeness (QED) is 0.174. The molecule has 7 nitrogen and oxygen atoms in total. The zero-order valence-corrected chi connectivity index (χ0v) is 34.9. The molecule has 5 aliphatic rings. The topological polar surface area (TPSA) is 105 Å². The Morgan fingerprint density at radius 1 is 0.857 bits per heavy atom. The number of esters is 1. The highest BCUT2D eigenvalue weighted by Gasteiger charge is 2.71. The molecular weight excluding hydrogens is 704 g/mol. The van der Waals surface area contributed by atoms with Crippen molar-refractivity contribution in [3.8, 4) is 0 Å². The maximum atomic E-state index is 15.0. The Morgan fingerprint density at radius 2 is 1.62 bits per heavy atom. The van der Waals surface area contributed by atoms with Gasteiger partial charge in [0.1, 0.15) is 5.82 Å². The Hall–Kier alpha value is -3.52. The number of aliphatic hydroxyl groups is 1. The van der Waals surface area contributed by atoms with Crippen molar-refractivity contribution >= 4 is 17.8 Å². The van der Waals surface area contributed by atoms with Gasteiger partial charge in [0.15, 0.2) is 0 Å². The van der Waals surface area contributed by atoms with Crippen LogP contribution in [0.1, 0.15) is 138 Å². The fraction of sp³-hybridized carbons (Fsp3) is 0.646. The van der Waals surface area contributed by atoms with E-state index in [1.54, 1.807) is 30.3 Å². The van der Waals surface area contributed by atoms with Gasteiger partial charge in [-0.05, 0) is 164 Å². The average Bonchev–Trinajstić information content (AvgIpc) is 3.57. The summed E-state index contributed by atoms with van der Waals surface area (Å²) in [5, 5.41) is 17.2. The van der Waals surface area contributed by atoms with Crippen LogP contribution < -0.4 is 10.6 Å². The predicted molar refractivity (Wildman–Crippen MR) is 217 cm³/mol. The molecule has 0 aliphatic heterocycles. The van der Waals surface area contributed by atoms with Gasteiger partial charge in [0.2, 0.25) is 5.91 Å². The number of fused-ring (bicyclic) bond motifs is 7. The summed E-state index contributed by atoms with van der Waals surface area (Å²) in [7, 11) is 1.33. The molecule has 5 fully saturated rings. The van der Waals surface area contributed by atoms with E-state index in [0.29, 0.717) is 41.2 Å². The van der Waals surface area contributed by atoms with Gasteiger partial charge in [-0.1, -0.05) is 65.0 Å². The van der Waals surface area contributed by atoms with E-state index in [4.69, 9.17) is 4.74 Å². The van der Waals surface area contributed by atoms with Crippen LogP contribution in [0.15, 0.2) is 54.6 Å². The van der Waals surface area contributed by atoms with Crippen molar-refractivity contribution < 1.29 is 28.6 Å². The average molecular weight is 769 g/mol. The second-order valence-corrected chi connectivity index (χ2v) is 19.9. The molecule has 8 heteroatoms.